The molecule has 5 nitrogen and oxygen atoms in total. The van der Waals surface area contributed by atoms with Crippen LogP contribution in [0.3, 0.4) is 0 Å². The van der Waals surface area contributed by atoms with E-state index < -0.39 is 0 Å². The third-order valence-electron chi connectivity index (χ3n) is 3.16. The Morgan fingerprint density at radius 1 is 1.12 bits per heavy atom. The Kier molecular flexibility index (Phi) is 6.46. The third kappa shape index (κ3) is 5.15. The molecule has 24 heavy (non-hydrogen) atoms. The molecule has 2 aromatic rings. The third-order valence-corrected chi connectivity index (χ3v) is 3.71. The average Bonchev–Trinajstić information content (AvgIpc) is 2.60. The van der Waals surface area contributed by atoms with E-state index in [2.05, 4.69) is 10.6 Å². The van der Waals surface area contributed by atoms with Crippen LogP contribution in [-0.4, -0.2) is 25.5 Å². The fraction of sp³-hybridized carbons (Fsp3) is 0.176. The van der Waals surface area contributed by atoms with E-state index >= 15 is 0 Å². The second kappa shape index (κ2) is 8.57. The predicted octanol–water partition coefficient (Wildman–Crippen LogP) is 3.05. The lowest BCUT2D eigenvalue weighted by molar-refractivity contribution is -0.123. The van der Waals surface area contributed by atoms with Crippen molar-refractivity contribution >= 4 is 35.0 Å². The molecule has 0 bridgehead atoms. The Morgan fingerprint density at radius 3 is 2.67 bits per heavy atom. The van der Waals surface area contributed by atoms with Crippen molar-refractivity contribution in [3.8, 4) is 5.75 Å². The zero-order valence-electron chi connectivity index (χ0n) is 12.9. The molecule has 0 spiro atoms. The van der Waals surface area contributed by atoms with Crippen molar-refractivity contribution in [3.63, 3.8) is 0 Å². The quantitative estimate of drug-likeness (QED) is 0.825. The summed E-state index contributed by atoms with van der Waals surface area (Å²) in [5.41, 5.74) is 1.34. The number of benzene rings is 2. The molecule has 2 aromatic carbocycles. The number of hydrogen-bond acceptors (Lipinski definition) is 3. The molecule has 2 rings (SSSR count). The van der Waals surface area contributed by atoms with Crippen molar-refractivity contribution in [2.75, 3.05) is 13.7 Å². The summed E-state index contributed by atoms with van der Waals surface area (Å²) in [5, 5.41) is 6.12. The minimum Gasteiger partial charge on any atom is -0.482 e. The van der Waals surface area contributed by atoms with Gasteiger partial charge in [-0.1, -0.05) is 35.3 Å². The van der Waals surface area contributed by atoms with Gasteiger partial charge >= 0.3 is 0 Å². The minimum absolute atomic E-state index is 0.179. The van der Waals surface area contributed by atoms with Gasteiger partial charge in [0, 0.05) is 30.2 Å². The molecule has 0 heterocycles. The van der Waals surface area contributed by atoms with E-state index in [4.69, 9.17) is 27.9 Å². The monoisotopic (exact) mass is 366 g/mol. The Bertz CT molecular complexity index is 750. The lowest BCUT2D eigenvalue weighted by Gasteiger charge is -2.10. The van der Waals surface area contributed by atoms with Crippen LogP contribution in [0.5, 0.6) is 5.75 Å². The summed E-state index contributed by atoms with van der Waals surface area (Å²) < 4.78 is 5.35. The summed E-state index contributed by atoms with van der Waals surface area (Å²) in [7, 11) is 1.56. The van der Waals surface area contributed by atoms with E-state index in [1.165, 1.54) is 0 Å². The Labute approximate surface area is 149 Å². The second-order valence-electron chi connectivity index (χ2n) is 4.92. The molecule has 0 fully saturated rings. The van der Waals surface area contributed by atoms with Crippen LogP contribution in [0.4, 0.5) is 0 Å². The number of carbonyl (C=O) groups is 2. The van der Waals surface area contributed by atoms with Crippen LogP contribution in [0.15, 0.2) is 42.5 Å². The number of nitrogens with one attached hydrogen (secondary N) is 2. The lowest BCUT2D eigenvalue weighted by Crippen LogP contribution is -2.28. The lowest BCUT2D eigenvalue weighted by atomic mass is 10.1. The molecule has 0 aliphatic rings. The molecule has 0 saturated carbocycles. The van der Waals surface area contributed by atoms with Crippen LogP contribution >= 0.6 is 23.2 Å². The number of hydrogen-bond donors (Lipinski definition) is 2. The topological polar surface area (TPSA) is 67.4 Å². The summed E-state index contributed by atoms with van der Waals surface area (Å²) >= 11 is 11.8. The van der Waals surface area contributed by atoms with Gasteiger partial charge in [0.05, 0.1) is 5.02 Å². The fourth-order valence-corrected chi connectivity index (χ4v) is 2.28. The summed E-state index contributed by atoms with van der Waals surface area (Å²) in [6.45, 7) is 0.103. The maximum Gasteiger partial charge on any atom is 0.258 e. The molecule has 2 N–H and O–H groups in total. The van der Waals surface area contributed by atoms with Crippen LogP contribution in [0.1, 0.15) is 15.9 Å². The molecular weight excluding hydrogens is 351 g/mol. The van der Waals surface area contributed by atoms with E-state index in [0.29, 0.717) is 21.4 Å². The van der Waals surface area contributed by atoms with Gasteiger partial charge in [-0.3, -0.25) is 9.59 Å². The van der Waals surface area contributed by atoms with Gasteiger partial charge in [0.2, 0.25) is 0 Å². The van der Waals surface area contributed by atoms with E-state index in [1.807, 2.05) is 6.07 Å². The molecule has 7 heteroatoms. The maximum atomic E-state index is 11.9. The van der Waals surface area contributed by atoms with Crippen molar-refractivity contribution in [1.82, 2.24) is 10.6 Å². The van der Waals surface area contributed by atoms with Crippen LogP contribution in [0.2, 0.25) is 10.0 Å². The molecule has 0 aromatic heterocycles. The molecule has 0 aliphatic heterocycles. The number of ether oxygens (including phenoxy) is 1. The normalized spacial score (nSPS) is 10.1. The van der Waals surface area contributed by atoms with Crippen molar-refractivity contribution in [2.24, 2.45) is 0 Å². The zero-order chi connectivity index (χ0) is 17.5. The van der Waals surface area contributed by atoms with Gasteiger partial charge in [0.25, 0.3) is 11.8 Å². The first-order chi connectivity index (χ1) is 11.5. The van der Waals surface area contributed by atoms with Gasteiger partial charge in [0.15, 0.2) is 6.61 Å². The summed E-state index contributed by atoms with van der Waals surface area (Å²) in [4.78, 5) is 23.5. The van der Waals surface area contributed by atoms with Crippen molar-refractivity contribution in [3.05, 3.63) is 63.6 Å². The first-order valence-corrected chi connectivity index (χ1v) is 7.91. The first-order valence-electron chi connectivity index (χ1n) is 7.15. The predicted molar refractivity (Wildman–Crippen MR) is 93.6 cm³/mol. The number of rotatable bonds is 6. The largest absolute Gasteiger partial charge is 0.482 e. The van der Waals surface area contributed by atoms with E-state index in [-0.39, 0.29) is 25.0 Å². The highest BCUT2D eigenvalue weighted by atomic mass is 35.5. The fourth-order valence-electron chi connectivity index (χ4n) is 1.95. The highest BCUT2D eigenvalue weighted by molar-refractivity contribution is 6.34. The van der Waals surface area contributed by atoms with Crippen LogP contribution in [0, 0.1) is 0 Å². The summed E-state index contributed by atoms with van der Waals surface area (Å²) in [5.74, 6) is -0.139. The number of halogens is 2. The number of carbonyl (C=O) groups excluding carboxylic acids is 2. The van der Waals surface area contributed by atoms with Crippen molar-refractivity contribution in [1.29, 1.82) is 0 Å². The first kappa shape index (κ1) is 18.1. The average molecular weight is 367 g/mol. The van der Waals surface area contributed by atoms with Gasteiger partial charge in [-0.25, -0.2) is 0 Å². The molecule has 0 radical (unpaired) electrons. The van der Waals surface area contributed by atoms with Crippen LogP contribution in [-0.2, 0) is 11.3 Å². The molecule has 0 aliphatic carbocycles. The summed E-state index contributed by atoms with van der Waals surface area (Å²) in [6.07, 6.45) is 0. The molecule has 0 unspecified atom stereocenters. The SMILES string of the molecule is CNC(=O)c1cccc(CNC(=O)COc2cc(Cl)ccc2Cl)c1. The Morgan fingerprint density at radius 2 is 1.92 bits per heavy atom. The minimum atomic E-state index is -0.309. The van der Waals surface area contributed by atoms with E-state index in [1.54, 1.807) is 43.4 Å². The zero-order valence-corrected chi connectivity index (χ0v) is 14.4. The number of amides is 2. The highest BCUT2D eigenvalue weighted by Gasteiger charge is 2.08. The van der Waals surface area contributed by atoms with E-state index in [0.717, 1.165) is 5.56 Å². The maximum absolute atomic E-state index is 11.9. The Balaban J connectivity index is 1.87. The molecule has 0 atom stereocenters. The summed E-state index contributed by atoms with van der Waals surface area (Å²) in [6, 6.07) is 11.8. The Hall–Kier alpha value is -2.24. The highest BCUT2D eigenvalue weighted by Crippen LogP contribution is 2.27. The molecular formula is C17H16Cl2N2O3. The van der Waals surface area contributed by atoms with Gasteiger partial charge in [0.1, 0.15) is 5.75 Å². The van der Waals surface area contributed by atoms with Gasteiger partial charge < -0.3 is 15.4 Å². The standard InChI is InChI=1S/C17H16Cl2N2O3/c1-20-17(23)12-4-2-3-11(7-12)9-21-16(22)10-24-15-8-13(18)5-6-14(15)19/h2-8H,9-10H2,1H3,(H,20,23)(H,21,22). The van der Waals surface area contributed by atoms with Gasteiger partial charge in [-0.05, 0) is 29.8 Å². The van der Waals surface area contributed by atoms with E-state index in [9.17, 15) is 9.59 Å². The molecule has 0 saturated heterocycles. The van der Waals surface area contributed by atoms with Crippen molar-refractivity contribution < 1.29 is 14.3 Å². The van der Waals surface area contributed by atoms with Gasteiger partial charge in [-0.15, -0.1) is 0 Å². The molecule has 126 valence electrons. The van der Waals surface area contributed by atoms with Crippen molar-refractivity contribution in [2.45, 2.75) is 6.54 Å². The smallest absolute Gasteiger partial charge is 0.258 e. The second-order valence-corrected chi connectivity index (χ2v) is 5.76. The molecule has 2 amide bonds. The van der Waals surface area contributed by atoms with Gasteiger partial charge in [-0.2, -0.15) is 0 Å². The van der Waals surface area contributed by atoms with Crippen LogP contribution < -0.4 is 15.4 Å². The van der Waals surface area contributed by atoms with Crippen LogP contribution in [0.25, 0.3) is 0 Å².